The third kappa shape index (κ3) is 4.10. The predicted octanol–water partition coefficient (Wildman–Crippen LogP) is 3.68. The zero-order valence-electron chi connectivity index (χ0n) is 16.6. The number of H-pyrrole nitrogens is 1. The van der Waals surface area contributed by atoms with Crippen molar-refractivity contribution in [1.29, 1.82) is 0 Å². The van der Waals surface area contributed by atoms with Crippen LogP contribution in [0.4, 0.5) is 0 Å². The molecule has 6 nitrogen and oxygen atoms in total. The van der Waals surface area contributed by atoms with Gasteiger partial charge in [0.05, 0.1) is 4.90 Å². The molecule has 1 fully saturated rings. The minimum atomic E-state index is -3.49. The molecule has 29 heavy (non-hydrogen) atoms. The number of benzene rings is 1. The van der Waals surface area contributed by atoms with Gasteiger partial charge in [0.25, 0.3) is 5.91 Å². The Morgan fingerprint density at radius 3 is 2.79 bits per heavy atom. The number of aromatic amines is 1. The third-order valence-corrected chi connectivity index (χ3v) is 8.51. The summed E-state index contributed by atoms with van der Waals surface area (Å²) in [5.41, 5.74) is 1.45. The second-order valence-electron chi connectivity index (χ2n) is 7.63. The molecule has 1 aliphatic rings. The molecule has 0 saturated carbocycles. The first kappa shape index (κ1) is 20.1. The SMILES string of the molecule is Cc1cc(S(=O)(=O)N2CCC[C@H](CNC(=O)c3cc4ccccc4[nH]3)C2)c(C)s1. The predicted molar refractivity (Wildman–Crippen MR) is 116 cm³/mol. The number of fused-ring (bicyclic) bond motifs is 1. The van der Waals surface area contributed by atoms with Gasteiger partial charge in [-0.15, -0.1) is 11.3 Å². The summed E-state index contributed by atoms with van der Waals surface area (Å²) in [6.07, 6.45) is 1.70. The van der Waals surface area contributed by atoms with E-state index < -0.39 is 10.0 Å². The van der Waals surface area contributed by atoms with Crippen LogP contribution >= 0.6 is 11.3 Å². The van der Waals surface area contributed by atoms with E-state index in [1.54, 1.807) is 10.4 Å². The van der Waals surface area contributed by atoms with Gasteiger partial charge < -0.3 is 10.3 Å². The van der Waals surface area contributed by atoms with E-state index in [0.717, 1.165) is 33.5 Å². The zero-order valence-corrected chi connectivity index (χ0v) is 18.2. The molecule has 1 aliphatic heterocycles. The lowest BCUT2D eigenvalue weighted by Crippen LogP contribution is -2.43. The second kappa shape index (κ2) is 7.93. The lowest BCUT2D eigenvalue weighted by atomic mass is 10.00. The van der Waals surface area contributed by atoms with Crippen LogP contribution in [-0.2, 0) is 10.0 Å². The Hall–Kier alpha value is -2.16. The number of para-hydroxylation sites is 1. The van der Waals surface area contributed by atoms with E-state index in [9.17, 15) is 13.2 Å². The van der Waals surface area contributed by atoms with E-state index >= 15 is 0 Å². The number of nitrogens with zero attached hydrogens (tertiary/aromatic N) is 1. The molecule has 4 rings (SSSR count). The fraction of sp³-hybridized carbons (Fsp3) is 0.381. The quantitative estimate of drug-likeness (QED) is 0.647. The van der Waals surface area contributed by atoms with Gasteiger partial charge in [0.1, 0.15) is 5.69 Å². The number of piperidine rings is 1. The number of carbonyl (C=O) groups excluding carboxylic acids is 1. The minimum absolute atomic E-state index is 0.104. The molecule has 1 saturated heterocycles. The first-order valence-electron chi connectivity index (χ1n) is 9.78. The number of nitrogens with one attached hydrogen (secondary N) is 2. The summed E-state index contributed by atoms with van der Waals surface area (Å²) < 4.78 is 27.7. The lowest BCUT2D eigenvalue weighted by molar-refractivity contribution is 0.0937. The van der Waals surface area contributed by atoms with E-state index in [-0.39, 0.29) is 11.8 Å². The molecule has 3 heterocycles. The Morgan fingerprint density at radius 1 is 1.28 bits per heavy atom. The number of thiophene rings is 1. The summed E-state index contributed by atoms with van der Waals surface area (Å²) >= 11 is 1.51. The van der Waals surface area contributed by atoms with Gasteiger partial charge in [-0.25, -0.2) is 8.42 Å². The van der Waals surface area contributed by atoms with Crippen LogP contribution in [0.25, 0.3) is 10.9 Å². The van der Waals surface area contributed by atoms with Crippen LogP contribution < -0.4 is 5.32 Å². The Bertz CT molecular complexity index is 1110. The van der Waals surface area contributed by atoms with Crippen molar-refractivity contribution >= 4 is 38.2 Å². The highest BCUT2D eigenvalue weighted by Gasteiger charge is 2.32. The third-order valence-electron chi connectivity index (χ3n) is 5.42. The van der Waals surface area contributed by atoms with Gasteiger partial charge in [-0.3, -0.25) is 4.79 Å². The van der Waals surface area contributed by atoms with Gasteiger partial charge in [0.2, 0.25) is 10.0 Å². The highest BCUT2D eigenvalue weighted by Crippen LogP contribution is 2.30. The molecular weight excluding hydrogens is 406 g/mol. The molecule has 154 valence electrons. The van der Waals surface area contributed by atoms with Gasteiger partial charge >= 0.3 is 0 Å². The lowest BCUT2D eigenvalue weighted by Gasteiger charge is -2.32. The number of sulfonamides is 1. The molecule has 8 heteroatoms. The number of aromatic nitrogens is 1. The first-order chi connectivity index (χ1) is 13.8. The van der Waals surface area contributed by atoms with Crippen molar-refractivity contribution in [2.24, 2.45) is 5.92 Å². The van der Waals surface area contributed by atoms with Crippen molar-refractivity contribution < 1.29 is 13.2 Å². The first-order valence-corrected chi connectivity index (χ1v) is 12.0. The van der Waals surface area contributed by atoms with Crippen molar-refractivity contribution in [1.82, 2.24) is 14.6 Å². The van der Waals surface area contributed by atoms with E-state index in [0.29, 0.717) is 30.2 Å². The second-order valence-corrected chi connectivity index (χ2v) is 11.0. The number of amides is 1. The van der Waals surface area contributed by atoms with E-state index in [2.05, 4.69) is 10.3 Å². The topological polar surface area (TPSA) is 82.3 Å². The fourth-order valence-corrected chi connectivity index (χ4v) is 7.02. The van der Waals surface area contributed by atoms with Crippen molar-refractivity contribution in [3.63, 3.8) is 0 Å². The van der Waals surface area contributed by atoms with Crippen LogP contribution in [0.2, 0.25) is 0 Å². The summed E-state index contributed by atoms with van der Waals surface area (Å²) in [5, 5.41) is 3.96. The van der Waals surface area contributed by atoms with Gasteiger partial charge in [-0.2, -0.15) is 4.31 Å². The summed E-state index contributed by atoms with van der Waals surface area (Å²) in [5.74, 6) is -0.0580. The van der Waals surface area contributed by atoms with E-state index in [1.807, 2.05) is 44.2 Å². The number of rotatable bonds is 5. The molecule has 0 spiro atoms. The van der Waals surface area contributed by atoms with Crippen LogP contribution in [0.15, 0.2) is 41.3 Å². The number of carbonyl (C=O) groups is 1. The van der Waals surface area contributed by atoms with Gasteiger partial charge in [0, 0.05) is 40.3 Å². The maximum Gasteiger partial charge on any atom is 0.267 e. The Labute approximate surface area is 175 Å². The molecule has 0 radical (unpaired) electrons. The molecule has 3 aromatic rings. The van der Waals surface area contributed by atoms with Crippen LogP contribution in [0.5, 0.6) is 0 Å². The minimum Gasteiger partial charge on any atom is -0.351 e. The maximum atomic E-state index is 13.1. The average Bonchev–Trinajstić information content (AvgIpc) is 3.29. The van der Waals surface area contributed by atoms with Crippen molar-refractivity contribution in [2.75, 3.05) is 19.6 Å². The summed E-state index contributed by atoms with van der Waals surface area (Å²) in [7, 11) is -3.49. The van der Waals surface area contributed by atoms with Crippen LogP contribution in [0.3, 0.4) is 0 Å². The fourth-order valence-electron chi connectivity index (χ4n) is 3.94. The molecule has 1 atom stereocenters. The average molecular weight is 432 g/mol. The van der Waals surface area contributed by atoms with Crippen molar-refractivity contribution in [3.8, 4) is 0 Å². The van der Waals surface area contributed by atoms with Crippen molar-refractivity contribution in [3.05, 3.63) is 51.8 Å². The van der Waals surface area contributed by atoms with Gasteiger partial charge in [-0.1, -0.05) is 18.2 Å². The smallest absolute Gasteiger partial charge is 0.267 e. The highest BCUT2D eigenvalue weighted by atomic mass is 32.2. The van der Waals surface area contributed by atoms with E-state index in [1.165, 1.54) is 11.3 Å². The Kier molecular flexibility index (Phi) is 5.50. The van der Waals surface area contributed by atoms with Crippen LogP contribution in [-0.4, -0.2) is 43.2 Å². The zero-order chi connectivity index (χ0) is 20.6. The normalized spacial score (nSPS) is 18.2. The molecular formula is C21H25N3O3S2. The summed E-state index contributed by atoms with van der Waals surface area (Å²) in [6, 6.07) is 11.4. The molecule has 2 N–H and O–H groups in total. The Balaban J connectivity index is 1.41. The number of hydrogen-bond donors (Lipinski definition) is 2. The highest BCUT2D eigenvalue weighted by molar-refractivity contribution is 7.89. The van der Waals surface area contributed by atoms with Gasteiger partial charge in [-0.05, 0) is 50.8 Å². The van der Waals surface area contributed by atoms with Crippen molar-refractivity contribution in [2.45, 2.75) is 31.6 Å². The number of aryl methyl sites for hydroxylation is 2. The largest absolute Gasteiger partial charge is 0.351 e. The molecule has 2 aromatic heterocycles. The summed E-state index contributed by atoms with van der Waals surface area (Å²) in [4.78, 5) is 17.9. The maximum absolute atomic E-state index is 13.1. The Morgan fingerprint density at radius 2 is 2.07 bits per heavy atom. The van der Waals surface area contributed by atoms with Gasteiger partial charge in [0.15, 0.2) is 0 Å². The molecule has 0 bridgehead atoms. The standard InChI is InChI=1S/C21H25N3O3S2/c1-14-10-20(15(2)28-14)29(26,27)24-9-5-6-16(13-24)12-22-21(25)19-11-17-7-3-4-8-18(17)23-19/h3-4,7-8,10-11,16,23H,5-6,9,12-13H2,1-2H3,(H,22,25)/t16-/m1/s1. The van der Waals surface area contributed by atoms with Crippen LogP contribution in [0.1, 0.15) is 33.1 Å². The molecule has 0 aliphatic carbocycles. The molecule has 1 amide bonds. The van der Waals surface area contributed by atoms with E-state index in [4.69, 9.17) is 0 Å². The number of hydrogen-bond acceptors (Lipinski definition) is 4. The molecule has 1 aromatic carbocycles. The monoisotopic (exact) mass is 431 g/mol. The van der Waals surface area contributed by atoms with Crippen LogP contribution in [0, 0.1) is 19.8 Å². The molecule has 0 unspecified atom stereocenters. The summed E-state index contributed by atoms with van der Waals surface area (Å²) in [6.45, 7) is 5.20.